The Morgan fingerprint density at radius 1 is 1.44 bits per heavy atom. The quantitative estimate of drug-likeness (QED) is 0.853. The van der Waals surface area contributed by atoms with E-state index in [1.807, 2.05) is 6.20 Å². The Labute approximate surface area is 97.5 Å². The number of nitrogens with zero attached hydrogens (tertiary/aromatic N) is 2. The van der Waals surface area contributed by atoms with E-state index in [1.165, 1.54) is 6.42 Å². The maximum absolute atomic E-state index is 9.82. The number of aliphatic hydroxyl groups is 1. The second-order valence-corrected chi connectivity index (χ2v) is 4.81. The van der Waals surface area contributed by atoms with E-state index in [-0.39, 0.29) is 6.10 Å². The van der Waals surface area contributed by atoms with Crippen molar-refractivity contribution in [1.82, 2.24) is 9.55 Å². The topological polar surface area (TPSA) is 38.0 Å². The minimum Gasteiger partial charge on any atom is -0.393 e. The average molecular weight is 222 g/mol. The molecule has 0 aliphatic heterocycles. The van der Waals surface area contributed by atoms with Crippen LogP contribution in [0.2, 0.25) is 0 Å². The molecular weight excluding hydrogens is 200 g/mol. The van der Waals surface area contributed by atoms with Crippen LogP contribution in [0.25, 0.3) is 0 Å². The lowest BCUT2D eigenvalue weighted by Gasteiger charge is -2.35. The molecular formula is C13H22N2O. The Balaban J connectivity index is 2.22. The molecule has 3 nitrogen and oxygen atoms in total. The number of aryl methyl sites for hydroxylation is 1. The van der Waals surface area contributed by atoms with Gasteiger partial charge in [0.05, 0.1) is 6.10 Å². The number of hydrogen-bond acceptors (Lipinski definition) is 2. The Hall–Kier alpha value is -0.830. The molecule has 0 amide bonds. The average Bonchev–Trinajstić information content (AvgIpc) is 2.76. The molecule has 1 heterocycles. The summed E-state index contributed by atoms with van der Waals surface area (Å²) in [5.74, 6) is 1.85. The summed E-state index contributed by atoms with van der Waals surface area (Å²) >= 11 is 0. The highest BCUT2D eigenvalue weighted by molar-refractivity contribution is 4.98. The summed E-state index contributed by atoms with van der Waals surface area (Å²) in [4.78, 5) is 4.38. The second kappa shape index (κ2) is 5.00. The Morgan fingerprint density at radius 2 is 2.25 bits per heavy atom. The fourth-order valence-electron chi connectivity index (χ4n) is 2.92. The highest BCUT2D eigenvalue weighted by Crippen LogP contribution is 2.36. The first-order valence-corrected chi connectivity index (χ1v) is 6.46. The summed E-state index contributed by atoms with van der Waals surface area (Å²) in [7, 11) is 0. The Kier molecular flexibility index (Phi) is 3.64. The molecule has 0 saturated heterocycles. The van der Waals surface area contributed by atoms with Gasteiger partial charge < -0.3 is 9.67 Å². The van der Waals surface area contributed by atoms with Gasteiger partial charge in [0.15, 0.2) is 0 Å². The summed E-state index contributed by atoms with van der Waals surface area (Å²) in [6.07, 6.45) is 8.99. The second-order valence-electron chi connectivity index (χ2n) is 4.81. The van der Waals surface area contributed by atoms with Gasteiger partial charge in [-0.2, -0.15) is 0 Å². The Bertz CT molecular complexity index is 334. The van der Waals surface area contributed by atoms with Crippen molar-refractivity contribution in [3.63, 3.8) is 0 Å². The summed E-state index contributed by atoms with van der Waals surface area (Å²) in [6.45, 7) is 4.39. The third kappa shape index (κ3) is 2.14. The van der Waals surface area contributed by atoms with Gasteiger partial charge in [-0.25, -0.2) is 4.98 Å². The minimum absolute atomic E-state index is 0.125. The summed E-state index contributed by atoms with van der Waals surface area (Å²) in [5.41, 5.74) is 0. The van der Waals surface area contributed by atoms with Crippen LogP contribution in [0.5, 0.6) is 0 Å². The number of rotatable bonds is 3. The normalized spacial score (nSPS) is 30.6. The van der Waals surface area contributed by atoms with E-state index in [9.17, 15) is 5.11 Å². The molecule has 1 aromatic heterocycles. The van der Waals surface area contributed by atoms with E-state index in [4.69, 9.17) is 0 Å². The standard InChI is InChI=1S/C13H22N2O/c1-3-10-5-6-11(16)9-12(10)15-8-7-14-13(15)4-2/h7-8,10-12,16H,3-6,9H2,1-2H3. The predicted molar refractivity (Wildman–Crippen MR) is 64.3 cm³/mol. The van der Waals surface area contributed by atoms with Gasteiger partial charge in [-0.1, -0.05) is 20.3 Å². The molecule has 1 fully saturated rings. The Morgan fingerprint density at radius 3 is 2.94 bits per heavy atom. The number of imidazole rings is 1. The third-order valence-electron chi connectivity index (χ3n) is 3.88. The highest BCUT2D eigenvalue weighted by atomic mass is 16.3. The van der Waals surface area contributed by atoms with Gasteiger partial charge in [0.25, 0.3) is 0 Å². The smallest absolute Gasteiger partial charge is 0.108 e. The molecule has 1 N–H and O–H groups in total. The first kappa shape index (κ1) is 11.6. The summed E-state index contributed by atoms with van der Waals surface area (Å²) in [5, 5.41) is 9.82. The molecule has 3 unspecified atom stereocenters. The van der Waals surface area contributed by atoms with Crippen molar-refractivity contribution in [1.29, 1.82) is 0 Å². The van der Waals surface area contributed by atoms with Crippen LogP contribution in [0.3, 0.4) is 0 Å². The third-order valence-corrected chi connectivity index (χ3v) is 3.88. The SMILES string of the molecule is CCc1nccn1C1CC(O)CCC1CC. The fourth-order valence-corrected chi connectivity index (χ4v) is 2.92. The van der Waals surface area contributed by atoms with Gasteiger partial charge in [0.2, 0.25) is 0 Å². The lowest BCUT2D eigenvalue weighted by atomic mass is 9.81. The van der Waals surface area contributed by atoms with Gasteiger partial charge in [-0.15, -0.1) is 0 Å². The summed E-state index contributed by atoms with van der Waals surface area (Å²) in [6, 6.07) is 0.450. The monoisotopic (exact) mass is 222 g/mol. The molecule has 0 spiro atoms. The first-order valence-electron chi connectivity index (χ1n) is 6.46. The molecule has 90 valence electrons. The fraction of sp³-hybridized carbons (Fsp3) is 0.769. The van der Waals surface area contributed by atoms with Crippen LogP contribution in [-0.2, 0) is 6.42 Å². The summed E-state index contributed by atoms with van der Waals surface area (Å²) < 4.78 is 2.29. The van der Waals surface area contributed by atoms with Crippen LogP contribution in [0, 0.1) is 5.92 Å². The largest absolute Gasteiger partial charge is 0.393 e. The van der Waals surface area contributed by atoms with Crippen LogP contribution in [0.15, 0.2) is 12.4 Å². The van der Waals surface area contributed by atoms with Gasteiger partial charge in [-0.3, -0.25) is 0 Å². The van der Waals surface area contributed by atoms with E-state index >= 15 is 0 Å². The van der Waals surface area contributed by atoms with E-state index < -0.39 is 0 Å². The van der Waals surface area contributed by atoms with Crippen LogP contribution in [-0.4, -0.2) is 20.8 Å². The maximum Gasteiger partial charge on any atom is 0.108 e. The molecule has 1 saturated carbocycles. The molecule has 0 bridgehead atoms. The van der Waals surface area contributed by atoms with Crippen molar-refractivity contribution >= 4 is 0 Å². The van der Waals surface area contributed by atoms with Crippen LogP contribution in [0.1, 0.15) is 51.4 Å². The molecule has 1 aromatic rings. The van der Waals surface area contributed by atoms with Crippen molar-refractivity contribution in [2.75, 3.05) is 0 Å². The van der Waals surface area contributed by atoms with Gasteiger partial charge in [0, 0.05) is 24.9 Å². The number of aliphatic hydroxyl groups excluding tert-OH is 1. The van der Waals surface area contributed by atoms with E-state index in [0.29, 0.717) is 12.0 Å². The zero-order valence-corrected chi connectivity index (χ0v) is 10.3. The van der Waals surface area contributed by atoms with Crippen molar-refractivity contribution in [3.8, 4) is 0 Å². The van der Waals surface area contributed by atoms with Gasteiger partial charge in [-0.05, 0) is 25.2 Å². The van der Waals surface area contributed by atoms with Gasteiger partial charge >= 0.3 is 0 Å². The van der Waals surface area contributed by atoms with Crippen molar-refractivity contribution in [2.45, 2.75) is 58.1 Å². The molecule has 0 radical (unpaired) electrons. The molecule has 1 aliphatic rings. The zero-order chi connectivity index (χ0) is 11.5. The lowest BCUT2D eigenvalue weighted by molar-refractivity contribution is 0.0703. The lowest BCUT2D eigenvalue weighted by Crippen LogP contribution is -2.30. The van der Waals surface area contributed by atoms with Crippen molar-refractivity contribution in [3.05, 3.63) is 18.2 Å². The molecule has 1 aliphatic carbocycles. The molecule has 16 heavy (non-hydrogen) atoms. The number of aromatic nitrogens is 2. The van der Waals surface area contributed by atoms with Crippen molar-refractivity contribution < 1.29 is 5.11 Å². The van der Waals surface area contributed by atoms with Crippen LogP contribution < -0.4 is 0 Å². The van der Waals surface area contributed by atoms with Crippen molar-refractivity contribution in [2.24, 2.45) is 5.92 Å². The number of hydrogen-bond donors (Lipinski definition) is 1. The zero-order valence-electron chi connectivity index (χ0n) is 10.3. The highest BCUT2D eigenvalue weighted by Gasteiger charge is 2.30. The molecule has 3 heteroatoms. The minimum atomic E-state index is -0.125. The van der Waals surface area contributed by atoms with Crippen LogP contribution in [0.4, 0.5) is 0 Å². The maximum atomic E-state index is 9.82. The van der Waals surface area contributed by atoms with E-state index in [2.05, 4.69) is 29.6 Å². The molecule has 3 atom stereocenters. The first-order chi connectivity index (χ1) is 7.76. The van der Waals surface area contributed by atoms with E-state index in [0.717, 1.165) is 31.5 Å². The van der Waals surface area contributed by atoms with E-state index in [1.54, 1.807) is 0 Å². The molecule has 2 rings (SSSR count). The van der Waals surface area contributed by atoms with Crippen LogP contribution >= 0.6 is 0 Å². The van der Waals surface area contributed by atoms with Gasteiger partial charge in [0.1, 0.15) is 5.82 Å². The predicted octanol–water partition coefficient (Wildman–Crippen LogP) is 2.56. The molecule has 0 aromatic carbocycles.